The van der Waals surface area contributed by atoms with Crippen LogP contribution >= 0.6 is 11.3 Å². The lowest BCUT2D eigenvalue weighted by Crippen LogP contribution is -2.09. The van der Waals surface area contributed by atoms with Crippen molar-refractivity contribution in [2.75, 3.05) is 12.5 Å². The van der Waals surface area contributed by atoms with Gasteiger partial charge in [-0.2, -0.15) is 5.10 Å². The summed E-state index contributed by atoms with van der Waals surface area (Å²) >= 11 is 1.54. The summed E-state index contributed by atoms with van der Waals surface area (Å²) in [6, 6.07) is 24.1. The Hall–Kier alpha value is -3.97. The van der Waals surface area contributed by atoms with Crippen LogP contribution in [0.15, 0.2) is 84.0 Å². The highest BCUT2D eigenvalue weighted by Gasteiger charge is 2.13. The molecule has 0 bridgehead atoms. The molecule has 6 nitrogen and oxygen atoms in total. The van der Waals surface area contributed by atoms with Gasteiger partial charge in [-0.05, 0) is 42.8 Å². The normalized spacial score (nSPS) is 10.8. The number of aryl methyl sites for hydroxylation is 1. The molecular formula is C25H21N3O3S. The molecule has 0 radical (unpaired) electrons. The van der Waals surface area contributed by atoms with Crippen molar-refractivity contribution in [1.82, 2.24) is 4.98 Å². The molecule has 1 N–H and O–H groups in total. The second-order valence-electron chi connectivity index (χ2n) is 6.83. The highest BCUT2D eigenvalue weighted by Crippen LogP contribution is 2.31. The topological polar surface area (TPSA) is 72.8 Å². The van der Waals surface area contributed by atoms with E-state index in [9.17, 15) is 4.79 Å². The predicted octanol–water partition coefficient (Wildman–Crippen LogP) is 5.79. The van der Waals surface area contributed by atoms with Crippen LogP contribution in [0, 0.1) is 6.92 Å². The summed E-state index contributed by atoms with van der Waals surface area (Å²) in [5.41, 5.74) is 6.25. The number of carbonyl (C=O) groups is 1. The summed E-state index contributed by atoms with van der Waals surface area (Å²) in [7, 11) is 1.53. The van der Waals surface area contributed by atoms with Crippen LogP contribution in [0.4, 0.5) is 5.13 Å². The first-order chi connectivity index (χ1) is 15.6. The van der Waals surface area contributed by atoms with E-state index < -0.39 is 5.97 Å². The minimum atomic E-state index is -0.444. The fourth-order valence-corrected chi connectivity index (χ4v) is 3.84. The van der Waals surface area contributed by atoms with Crippen molar-refractivity contribution in [3.63, 3.8) is 0 Å². The zero-order valence-electron chi connectivity index (χ0n) is 17.6. The van der Waals surface area contributed by atoms with Crippen LogP contribution in [0.2, 0.25) is 0 Å². The van der Waals surface area contributed by atoms with E-state index in [0.29, 0.717) is 22.2 Å². The highest BCUT2D eigenvalue weighted by molar-refractivity contribution is 7.15. The Balaban J connectivity index is 1.44. The van der Waals surface area contributed by atoms with Crippen molar-refractivity contribution >= 4 is 28.7 Å². The third kappa shape index (κ3) is 5.01. The van der Waals surface area contributed by atoms with Crippen LogP contribution in [-0.2, 0) is 0 Å². The number of carbonyl (C=O) groups excluding carboxylic acids is 1. The summed E-state index contributed by atoms with van der Waals surface area (Å²) in [5, 5.41) is 4.99. The Morgan fingerprint density at radius 3 is 2.44 bits per heavy atom. The second kappa shape index (κ2) is 9.89. The van der Waals surface area contributed by atoms with Crippen molar-refractivity contribution in [3.8, 4) is 22.8 Å². The van der Waals surface area contributed by atoms with E-state index in [0.717, 1.165) is 21.7 Å². The van der Waals surface area contributed by atoms with Crippen LogP contribution in [0.25, 0.3) is 11.3 Å². The Morgan fingerprint density at radius 1 is 1.00 bits per heavy atom. The fourth-order valence-electron chi connectivity index (χ4n) is 3.05. The smallest absolute Gasteiger partial charge is 0.343 e. The highest BCUT2D eigenvalue weighted by atomic mass is 32.1. The number of hydrogen-bond acceptors (Lipinski definition) is 7. The van der Waals surface area contributed by atoms with Crippen LogP contribution in [0.1, 0.15) is 20.8 Å². The van der Waals surface area contributed by atoms with E-state index in [4.69, 9.17) is 9.47 Å². The van der Waals surface area contributed by atoms with Gasteiger partial charge in [0.25, 0.3) is 0 Å². The van der Waals surface area contributed by atoms with Crippen LogP contribution in [0.3, 0.4) is 0 Å². The molecule has 0 spiro atoms. The van der Waals surface area contributed by atoms with Gasteiger partial charge in [-0.1, -0.05) is 48.5 Å². The Labute approximate surface area is 190 Å². The maximum Gasteiger partial charge on any atom is 0.343 e. The molecule has 0 fully saturated rings. The lowest BCUT2D eigenvalue weighted by molar-refractivity contribution is 0.0729. The monoisotopic (exact) mass is 443 g/mol. The third-order valence-corrected chi connectivity index (χ3v) is 5.49. The quantitative estimate of drug-likeness (QED) is 0.169. The molecule has 0 aliphatic carbocycles. The summed E-state index contributed by atoms with van der Waals surface area (Å²) < 4.78 is 10.9. The predicted molar refractivity (Wildman–Crippen MR) is 128 cm³/mol. The molecule has 1 aromatic heterocycles. The number of nitrogens with zero attached hydrogens (tertiary/aromatic N) is 2. The molecule has 0 saturated heterocycles. The Kier molecular flexibility index (Phi) is 6.57. The molecular weight excluding hydrogens is 422 g/mol. The lowest BCUT2D eigenvalue weighted by Gasteiger charge is -2.09. The number of hydrazone groups is 1. The van der Waals surface area contributed by atoms with E-state index in [2.05, 4.69) is 15.5 Å². The molecule has 1 heterocycles. The van der Waals surface area contributed by atoms with Crippen molar-refractivity contribution in [1.29, 1.82) is 0 Å². The molecule has 0 aliphatic rings. The maximum atomic E-state index is 12.3. The van der Waals surface area contributed by atoms with Crippen molar-refractivity contribution < 1.29 is 14.3 Å². The van der Waals surface area contributed by atoms with Gasteiger partial charge >= 0.3 is 5.97 Å². The maximum absolute atomic E-state index is 12.3. The zero-order valence-corrected chi connectivity index (χ0v) is 18.4. The van der Waals surface area contributed by atoms with Gasteiger partial charge in [0.15, 0.2) is 11.5 Å². The van der Waals surface area contributed by atoms with Gasteiger partial charge < -0.3 is 9.47 Å². The first-order valence-corrected chi connectivity index (χ1v) is 10.7. The number of ether oxygens (including phenoxy) is 2. The number of aromatic nitrogens is 1. The number of methoxy groups -OCH3 is 1. The average molecular weight is 444 g/mol. The molecule has 0 aliphatic heterocycles. The summed E-state index contributed by atoms with van der Waals surface area (Å²) in [6.07, 6.45) is 1.66. The summed E-state index contributed by atoms with van der Waals surface area (Å²) in [4.78, 5) is 18.1. The number of esters is 1. The van der Waals surface area contributed by atoms with Crippen LogP contribution < -0.4 is 14.9 Å². The zero-order chi connectivity index (χ0) is 22.3. The minimum absolute atomic E-state index is 0.342. The summed E-state index contributed by atoms with van der Waals surface area (Å²) in [5.74, 6) is 0.338. The second-order valence-corrected chi connectivity index (χ2v) is 8.03. The van der Waals surface area contributed by atoms with E-state index in [-0.39, 0.29) is 0 Å². The molecule has 0 atom stereocenters. The summed E-state index contributed by atoms with van der Waals surface area (Å²) in [6.45, 7) is 2.04. The van der Waals surface area contributed by atoms with E-state index in [1.165, 1.54) is 7.11 Å². The van der Waals surface area contributed by atoms with E-state index in [1.807, 2.05) is 43.3 Å². The molecule has 4 rings (SSSR count). The number of rotatable bonds is 7. The lowest BCUT2D eigenvalue weighted by atomic mass is 10.1. The Bertz CT molecular complexity index is 1240. The largest absolute Gasteiger partial charge is 0.493 e. The van der Waals surface area contributed by atoms with Gasteiger partial charge in [0, 0.05) is 10.4 Å². The molecule has 32 heavy (non-hydrogen) atoms. The van der Waals surface area contributed by atoms with E-state index in [1.54, 1.807) is 60.0 Å². The molecule has 0 amide bonds. The first kappa shape index (κ1) is 21.3. The minimum Gasteiger partial charge on any atom is -0.493 e. The third-order valence-electron chi connectivity index (χ3n) is 4.62. The van der Waals surface area contributed by atoms with Gasteiger partial charge in [-0.25, -0.2) is 9.78 Å². The van der Waals surface area contributed by atoms with Crippen molar-refractivity contribution in [3.05, 3.63) is 94.9 Å². The number of thiazole rings is 1. The molecule has 160 valence electrons. The van der Waals surface area contributed by atoms with Crippen molar-refractivity contribution in [2.24, 2.45) is 5.10 Å². The number of benzene rings is 3. The van der Waals surface area contributed by atoms with Gasteiger partial charge in [0.2, 0.25) is 5.13 Å². The van der Waals surface area contributed by atoms with Gasteiger partial charge in [-0.15, -0.1) is 11.3 Å². The SMILES string of the molecule is COc1cc(/C=N/Nc2nc(-c3ccccc3)c(C)s2)ccc1OC(=O)c1ccccc1. The van der Waals surface area contributed by atoms with Crippen LogP contribution in [-0.4, -0.2) is 24.3 Å². The number of nitrogens with one attached hydrogen (secondary N) is 1. The fraction of sp³-hybridized carbons (Fsp3) is 0.0800. The average Bonchev–Trinajstić information content (AvgIpc) is 3.21. The number of hydrogen-bond donors (Lipinski definition) is 1. The molecule has 3 aromatic carbocycles. The molecule has 4 aromatic rings. The van der Waals surface area contributed by atoms with E-state index >= 15 is 0 Å². The molecule has 0 saturated carbocycles. The standard InChI is InChI=1S/C25H21N3O3S/c1-17-23(19-9-5-3-6-10-19)27-25(32-17)28-26-16-18-13-14-21(22(15-18)30-2)31-24(29)20-11-7-4-8-12-20/h3-16H,1-2H3,(H,27,28)/b26-16+. The first-order valence-electron chi connectivity index (χ1n) is 9.91. The van der Waals surface area contributed by atoms with Crippen LogP contribution in [0.5, 0.6) is 11.5 Å². The van der Waals surface area contributed by atoms with Crippen molar-refractivity contribution in [2.45, 2.75) is 6.92 Å². The van der Waals surface area contributed by atoms with Gasteiger partial charge in [0.05, 0.1) is 24.6 Å². The number of anilines is 1. The Morgan fingerprint density at radius 2 is 1.72 bits per heavy atom. The van der Waals surface area contributed by atoms with Gasteiger partial charge in [-0.3, -0.25) is 5.43 Å². The molecule has 7 heteroatoms. The molecule has 0 unspecified atom stereocenters. The van der Waals surface area contributed by atoms with Gasteiger partial charge in [0.1, 0.15) is 0 Å².